The molecule has 0 aliphatic heterocycles. The molecule has 0 saturated heterocycles. The highest BCUT2D eigenvalue weighted by Gasteiger charge is 2.33. The third-order valence-electron chi connectivity index (χ3n) is 28.9. The van der Waals surface area contributed by atoms with Gasteiger partial charge in [0.15, 0.2) is 11.6 Å². The quantitative estimate of drug-likeness (QED) is 0.130. The van der Waals surface area contributed by atoms with E-state index in [1.165, 1.54) is 0 Å². The first-order chi connectivity index (χ1) is 74.6. The average Bonchev–Trinajstić information content (AvgIpc) is 1.53. The fraction of sp³-hybridized carbons (Fsp3) is 0. The SMILES string of the molecule is c1ccc(-c2nccc(-n3c4ccccc4c4c5nccnc5c5c6ccccc6n(-c6ccccc6)c5c43)n2)cc1.c1ccc(-n2c3ccccc3c3c4nccnc4c4c5ccccc5n(-c5cnccn5)c4c32)cc1.c1ccc(-n2c3ccccc3c3c4nccnc4c4c5ccccc5n(-c5cncnc5)c4c32)cc1.c1ccc(-n2c3ccccc3c3c4nccnc4c4c5ccccc5n(-c5ncccn5)c4c32)cc1. The Kier molecular flexibility index (Phi) is 19.3. The van der Waals surface area contributed by atoms with Crippen molar-refractivity contribution in [1.82, 2.24) is 116 Å². The number of nitrogens with zero attached hydrogens (tertiary/aromatic N) is 24. The first-order valence-electron chi connectivity index (χ1n) is 49.4. The Hall–Kier alpha value is -21.2. The largest absolute Gasteiger partial charge is 0.307 e. The molecule has 150 heavy (non-hydrogen) atoms. The molecule has 33 aromatic rings. The number of fused-ring (bicyclic) bond motifs is 40. The molecular formula is C126H76N24. The molecule has 0 aliphatic rings. The highest BCUT2D eigenvalue weighted by molar-refractivity contribution is 6.40. The van der Waals surface area contributed by atoms with E-state index in [1.54, 1.807) is 80.7 Å². The summed E-state index contributed by atoms with van der Waals surface area (Å²) in [5.41, 5.74) is 30.5. The van der Waals surface area contributed by atoms with Crippen LogP contribution in [0.5, 0.6) is 0 Å². The van der Waals surface area contributed by atoms with Crippen molar-refractivity contribution >= 4 is 219 Å². The zero-order valence-electron chi connectivity index (χ0n) is 79.6. The van der Waals surface area contributed by atoms with E-state index in [9.17, 15) is 0 Å². The molecular weight excluding hydrogens is 1850 g/mol. The first kappa shape index (κ1) is 84.5. The molecule has 0 amide bonds. The second-order valence-corrected chi connectivity index (χ2v) is 36.8. The minimum atomic E-state index is 0.623. The molecule has 0 unspecified atom stereocenters. The topological polar surface area (TPSA) is 246 Å². The van der Waals surface area contributed by atoms with Crippen LogP contribution in [-0.4, -0.2) is 116 Å². The standard InChI is InChI=1S/C36H22N6.3C30H18N6/c1-3-11-23(12-4-1)36-39-20-19-29(40-36)42-28-18-10-8-16-26(28)31-33-32(37-21-22-38-33)30-25-15-7-9-17-27(25)41(34(30)35(31)42)24-13-5-2-6-14-24;1-2-9-19(10-3-1)35-22-13-6-4-11-20(22)24-26-27(32-18-17-31-26)25-21-12-5-7-14-23(21)36(29(25)28(24)35)30-33-15-8-16-34-30;1-2-8-19(9-3-1)35-23-12-6-4-10-21(23)25-27-28(34-15-14-33-27)26-22-11-5-7-13-24(22)36(30(26)29(25)35)20-16-31-18-32-17-20;1-2-8-19(9-3-1)35-22-12-6-4-10-20(22)25-27-28(34-17-16-33-27)26-21-11-5-7-13-23(21)36(30(26)29(25)35)24-18-31-14-15-32-24/h1-22H;3*1-18H. The van der Waals surface area contributed by atoms with Crippen molar-refractivity contribution in [3.05, 3.63) is 463 Å². The third-order valence-corrected chi connectivity index (χ3v) is 28.9. The molecule has 0 saturated carbocycles. The van der Waals surface area contributed by atoms with Crippen LogP contribution in [-0.2, 0) is 0 Å². The van der Waals surface area contributed by atoms with Gasteiger partial charge >= 0.3 is 0 Å². The lowest BCUT2D eigenvalue weighted by Gasteiger charge is -2.13. The highest BCUT2D eigenvalue weighted by Crippen LogP contribution is 2.52. The van der Waals surface area contributed by atoms with Gasteiger partial charge in [0.05, 0.1) is 157 Å². The maximum Gasteiger partial charge on any atom is 0.234 e. The lowest BCUT2D eigenvalue weighted by Crippen LogP contribution is -2.02. The molecule has 700 valence electrons. The Morgan fingerprint density at radius 2 is 0.400 bits per heavy atom. The van der Waals surface area contributed by atoms with Crippen LogP contribution in [0.3, 0.4) is 0 Å². The van der Waals surface area contributed by atoms with Gasteiger partial charge in [-0.25, -0.2) is 34.9 Å². The minimum absolute atomic E-state index is 0.623. The summed E-state index contributed by atoms with van der Waals surface area (Å²) in [6.07, 6.45) is 30.2. The Morgan fingerprint density at radius 3 is 0.700 bits per heavy atom. The molecule has 0 atom stereocenters. The number of rotatable bonds is 9. The van der Waals surface area contributed by atoms with Crippen molar-refractivity contribution in [2.75, 3.05) is 0 Å². The van der Waals surface area contributed by atoms with Crippen LogP contribution >= 0.6 is 0 Å². The molecule has 24 heteroatoms. The van der Waals surface area contributed by atoms with E-state index in [-0.39, 0.29) is 0 Å². The first-order valence-corrected chi connectivity index (χ1v) is 49.4. The summed E-state index contributed by atoms with van der Waals surface area (Å²) in [6, 6.07) is 124. The summed E-state index contributed by atoms with van der Waals surface area (Å²) in [7, 11) is 0. The maximum atomic E-state index is 5.14. The summed E-state index contributed by atoms with van der Waals surface area (Å²) in [5, 5.41) is 17.5. The summed E-state index contributed by atoms with van der Waals surface area (Å²) < 4.78 is 18.3. The van der Waals surface area contributed by atoms with Crippen LogP contribution in [0.15, 0.2) is 463 Å². The van der Waals surface area contributed by atoms with Gasteiger partial charge in [-0.15, -0.1) is 0 Å². The van der Waals surface area contributed by atoms with Gasteiger partial charge in [0.25, 0.3) is 0 Å². The Morgan fingerprint density at radius 1 is 0.153 bits per heavy atom. The highest BCUT2D eigenvalue weighted by atomic mass is 15.2. The minimum Gasteiger partial charge on any atom is -0.307 e. The van der Waals surface area contributed by atoms with Gasteiger partial charge < -0.3 is 22.8 Å². The Labute approximate surface area is 850 Å². The molecule has 0 fully saturated rings. The van der Waals surface area contributed by atoms with Gasteiger partial charge in [0.2, 0.25) is 5.95 Å². The second kappa shape index (κ2) is 34.3. The molecule has 0 N–H and O–H groups in total. The summed E-state index contributed by atoms with van der Waals surface area (Å²) >= 11 is 0. The summed E-state index contributed by atoms with van der Waals surface area (Å²) in [4.78, 5) is 76.2. The monoisotopic (exact) mass is 1920 g/mol. The predicted molar refractivity (Wildman–Crippen MR) is 601 cm³/mol. The lowest BCUT2D eigenvalue weighted by atomic mass is 10.1. The molecule has 24 nitrogen and oxygen atoms in total. The van der Waals surface area contributed by atoms with Gasteiger partial charge in [-0.2, -0.15) is 0 Å². The number of para-hydroxylation sites is 12. The van der Waals surface area contributed by atoms with Crippen molar-refractivity contribution in [3.63, 3.8) is 0 Å². The lowest BCUT2D eigenvalue weighted by molar-refractivity contribution is 0.988. The van der Waals surface area contributed by atoms with Gasteiger partial charge in [-0.3, -0.25) is 58.6 Å². The van der Waals surface area contributed by atoms with Crippen LogP contribution in [0.25, 0.3) is 276 Å². The Bertz CT molecular complexity index is 10100. The molecule has 17 aromatic carbocycles. The molecule has 0 aliphatic carbocycles. The van der Waals surface area contributed by atoms with Crippen molar-refractivity contribution in [3.8, 4) is 57.4 Å². The normalized spacial score (nSPS) is 11.9. The second-order valence-electron chi connectivity index (χ2n) is 36.8. The third kappa shape index (κ3) is 12.7. The van der Waals surface area contributed by atoms with E-state index in [2.05, 4.69) is 364 Å². The maximum absolute atomic E-state index is 5.14. The van der Waals surface area contributed by atoms with Crippen LogP contribution in [0.4, 0.5) is 0 Å². The van der Waals surface area contributed by atoms with E-state index in [4.69, 9.17) is 49.8 Å². The van der Waals surface area contributed by atoms with Crippen molar-refractivity contribution < 1.29 is 0 Å². The zero-order chi connectivity index (χ0) is 98.5. The molecule has 33 rings (SSSR count). The number of hydrogen-bond donors (Lipinski definition) is 0. The van der Waals surface area contributed by atoms with Gasteiger partial charge in [-0.1, -0.05) is 249 Å². The van der Waals surface area contributed by atoms with E-state index >= 15 is 0 Å². The van der Waals surface area contributed by atoms with E-state index in [0.717, 1.165) is 264 Å². The summed E-state index contributed by atoms with van der Waals surface area (Å²) in [6.45, 7) is 0. The van der Waals surface area contributed by atoms with Crippen molar-refractivity contribution in [2.24, 2.45) is 0 Å². The zero-order valence-corrected chi connectivity index (χ0v) is 79.6. The van der Waals surface area contributed by atoms with E-state index < -0.39 is 0 Å². The fourth-order valence-corrected chi connectivity index (χ4v) is 23.2. The predicted octanol–water partition coefficient (Wildman–Crippen LogP) is 28.1. The molecule has 0 spiro atoms. The van der Waals surface area contributed by atoms with Crippen molar-refractivity contribution in [1.29, 1.82) is 0 Å². The number of aromatic nitrogens is 24. The average molecular weight is 1930 g/mol. The fourth-order valence-electron chi connectivity index (χ4n) is 23.2. The number of hydrogen-bond acceptors (Lipinski definition) is 16. The molecule has 0 radical (unpaired) electrons. The van der Waals surface area contributed by atoms with E-state index in [0.29, 0.717) is 11.8 Å². The molecule has 0 bridgehead atoms. The van der Waals surface area contributed by atoms with Crippen molar-refractivity contribution in [2.45, 2.75) is 0 Å². The molecule has 16 aromatic heterocycles. The smallest absolute Gasteiger partial charge is 0.234 e. The van der Waals surface area contributed by atoms with Gasteiger partial charge in [0, 0.05) is 195 Å². The Balaban J connectivity index is 0.0000000921. The van der Waals surface area contributed by atoms with E-state index in [1.807, 2.05) is 85.5 Å². The van der Waals surface area contributed by atoms with Crippen LogP contribution < -0.4 is 0 Å². The molecule has 16 heterocycles. The van der Waals surface area contributed by atoms with Crippen LogP contribution in [0.2, 0.25) is 0 Å². The van der Waals surface area contributed by atoms with Crippen LogP contribution in [0.1, 0.15) is 0 Å². The van der Waals surface area contributed by atoms with Gasteiger partial charge in [0.1, 0.15) is 12.1 Å². The number of benzene rings is 17. The van der Waals surface area contributed by atoms with Gasteiger partial charge in [-0.05, 0) is 109 Å². The summed E-state index contributed by atoms with van der Waals surface area (Å²) in [5.74, 6) is 2.86. The van der Waals surface area contributed by atoms with Crippen LogP contribution in [0, 0.1) is 0 Å².